The van der Waals surface area contributed by atoms with E-state index < -0.39 is 48.2 Å². The molecule has 16 atom stereocenters. The van der Waals surface area contributed by atoms with E-state index in [1.807, 2.05) is 114 Å². The first-order valence-electron chi connectivity index (χ1n) is 43.8. The number of aromatic amines is 4. The molecule has 9 fully saturated rings. The number of piperidine rings is 4. The third kappa shape index (κ3) is 15.6. The lowest BCUT2D eigenvalue weighted by molar-refractivity contribution is -0.138. The summed E-state index contributed by atoms with van der Waals surface area (Å²) in [5, 5.41) is 22.6. The molecular formula is C97H109FN18O11. The summed E-state index contributed by atoms with van der Waals surface area (Å²) in [4.78, 5) is 148. The summed E-state index contributed by atoms with van der Waals surface area (Å²) in [5.41, 5.74) is 10.5. The van der Waals surface area contributed by atoms with Crippen LogP contribution >= 0.6 is 0 Å². The van der Waals surface area contributed by atoms with E-state index in [-0.39, 0.29) is 111 Å². The van der Waals surface area contributed by atoms with Gasteiger partial charge in [-0.05, 0) is 198 Å². The van der Waals surface area contributed by atoms with E-state index in [0.29, 0.717) is 72.4 Å². The van der Waals surface area contributed by atoms with Crippen LogP contribution in [0.5, 0.6) is 0 Å². The van der Waals surface area contributed by atoms with E-state index in [1.165, 1.54) is 20.3 Å². The Morgan fingerprint density at radius 1 is 0.449 bits per heavy atom. The number of fused-ring (bicyclic) bond motifs is 13. The molecule has 5 saturated heterocycles. The van der Waals surface area contributed by atoms with Crippen molar-refractivity contribution in [1.29, 1.82) is 0 Å². The van der Waals surface area contributed by atoms with Crippen LogP contribution in [0.15, 0.2) is 146 Å². The lowest BCUT2D eigenvalue weighted by atomic mass is 9.90. The summed E-state index contributed by atoms with van der Waals surface area (Å²) >= 11 is 0. The Bertz CT molecular complexity index is 6340. The molecule has 0 spiro atoms. The van der Waals surface area contributed by atoms with Crippen molar-refractivity contribution in [1.82, 2.24) is 91.4 Å². The van der Waals surface area contributed by atoms with E-state index in [4.69, 9.17) is 29.2 Å². The van der Waals surface area contributed by atoms with Gasteiger partial charge in [0.1, 0.15) is 53.3 Å². The summed E-state index contributed by atoms with van der Waals surface area (Å²) < 4.78 is 31.2. The first kappa shape index (κ1) is 84.8. The zero-order valence-corrected chi connectivity index (χ0v) is 70.8. The molecule has 9 heterocycles. The molecule has 0 bridgehead atoms. The number of benzene rings is 8. The first-order chi connectivity index (χ1) is 60.6. The number of imidazole rings is 4. The van der Waals surface area contributed by atoms with E-state index in [0.717, 1.165) is 157 Å². The summed E-state index contributed by atoms with van der Waals surface area (Å²) in [7, 11) is 5.69. The molecule has 12 aromatic rings. The van der Waals surface area contributed by atoms with Gasteiger partial charge in [0, 0.05) is 73.2 Å². The van der Waals surface area contributed by atoms with E-state index in [9.17, 15) is 38.4 Å². The van der Waals surface area contributed by atoms with E-state index >= 15 is 4.39 Å². The van der Waals surface area contributed by atoms with Crippen LogP contribution < -0.4 is 31.9 Å². The van der Waals surface area contributed by atoms with Crippen molar-refractivity contribution in [3.8, 4) is 33.5 Å². The third-order valence-electron chi connectivity index (χ3n) is 27.9. The van der Waals surface area contributed by atoms with E-state index in [1.54, 1.807) is 26.4 Å². The zero-order chi connectivity index (χ0) is 86.2. The maximum atomic E-state index is 16.0. The molecule has 0 radical (unpaired) electrons. The molecule has 21 rings (SSSR count). The highest BCUT2D eigenvalue weighted by molar-refractivity contribution is 6.09. The van der Waals surface area contributed by atoms with Gasteiger partial charge in [0.05, 0.1) is 83.4 Å². The number of halogens is 1. The van der Waals surface area contributed by atoms with Gasteiger partial charge >= 0.3 is 24.2 Å². The summed E-state index contributed by atoms with van der Waals surface area (Å²) in [6.07, 6.45) is 8.78. The van der Waals surface area contributed by atoms with Gasteiger partial charge in [-0.3, -0.25) is 19.2 Å². The van der Waals surface area contributed by atoms with Crippen molar-refractivity contribution in [3.05, 3.63) is 180 Å². The molecule has 30 heteroatoms. The molecule has 660 valence electrons. The highest BCUT2D eigenvalue weighted by Gasteiger charge is 2.60. The Balaban J connectivity index is 0.000000169. The Labute approximate surface area is 734 Å². The van der Waals surface area contributed by atoms with Gasteiger partial charge in [0.15, 0.2) is 0 Å². The van der Waals surface area contributed by atoms with Crippen LogP contribution in [0, 0.1) is 47.2 Å². The van der Waals surface area contributed by atoms with Gasteiger partial charge in [-0.2, -0.15) is 0 Å². The second-order valence-corrected chi connectivity index (χ2v) is 36.1. The number of carbonyl (C=O) groups is 8. The van der Waals surface area contributed by atoms with Gasteiger partial charge < -0.3 is 85.6 Å². The fourth-order valence-corrected chi connectivity index (χ4v) is 20.9. The molecule has 29 nitrogen and oxygen atoms in total. The zero-order valence-electron chi connectivity index (χ0n) is 70.8. The molecule has 10 amide bonds. The average molecular weight is 1720 g/mol. The van der Waals surface area contributed by atoms with Crippen molar-refractivity contribution in [3.63, 3.8) is 0 Å². The van der Waals surface area contributed by atoms with Crippen LogP contribution in [-0.4, -0.2) is 191 Å². The summed E-state index contributed by atoms with van der Waals surface area (Å²) in [6.45, 7) is 8.76. The molecule has 4 aromatic heterocycles. The number of H-pyrrole nitrogens is 4. The Kier molecular flexibility index (Phi) is 22.5. The second kappa shape index (κ2) is 33.7. The number of hydrogen-bond donors (Lipinski definition) is 10. The monoisotopic (exact) mass is 1720 g/mol. The van der Waals surface area contributed by atoms with Crippen LogP contribution in [0.25, 0.3) is 98.9 Å². The topological polar surface area (TPSA) is 364 Å². The molecule has 10 N–H and O–H groups in total. The Morgan fingerprint density at radius 2 is 0.843 bits per heavy atom. The highest BCUT2D eigenvalue weighted by Crippen LogP contribution is 2.58. The van der Waals surface area contributed by atoms with Crippen molar-refractivity contribution in [2.45, 2.75) is 179 Å². The number of ether oxygens (including phenoxy) is 3. The van der Waals surface area contributed by atoms with Crippen LogP contribution in [0.1, 0.15) is 166 Å². The molecule has 4 aliphatic carbocycles. The maximum Gasteiger partial charge on any atom is 0.407 e. The van der Waals surface area contributed by atoms with Gasteiger partial charge in [0.2, 0.25) is 17.7 Å². The number of amides is 10. The van der Waals surface area contributed by atoms with Crippen LogP contribution in [-0.2, 0) is 33.4 Å². The van der Waals surface area contributed by atoms with Crippen molar-refractivity contribution < 1.29 is 57.0 Å². The van der Waals surface area contributed by atoms with Gasteiger partial charge in [-0.15, -0.1) is 0 Å². The normalized spacial score (nSPS) is 23.7. The molecular weight excluding hydrogens is 1610 g/mol. The fraction of sp³-hybridized carbons (Fsp3) is 0.423. The minimum absolute atomic E-state index is 0. The fourth-order valence-electron chi connectivity index (χ4n) is 20.9. The lowest BCUT2D eigenvalue weighted by Gasteiger charge is -2.35. The Hall–Kier alpha value is -13.0. The van der Waals surface area contributed by atoms with Gasteiger partial charge in [-0.1, -0.05) is 134 Å². The van der Waals surface area contributed by atoms with Crippen LogP contribution in [0.4, 0.5) is 23.6 Å². The Morgan fingerprint density at radius 3 is 1.25 bits per heavy atom. The predicted molar refractivity (Wildman–Crippen MR) is 481 cm³/mol. The minimum Gasteiger partial charge on any atom is -0.453 e. The van der Waals surface area contributed by atoms with Crippen molar-refractivity contribution in [2.75, 3.05) is 41.5 Å². The third-order valence-corrected chi connectivity index (χ3v) is 27.9. The number of carbonyl (C=O) groups excluding carboxylic acids is 8. The van der Waals surface area contributed by atoms with Crippen LogP contribution in [0.3, 0.4) is 0 Å². The highest BCUT2D eigenvalue weighted by atomic mass is 19.1. The SMILES string of the molecule is C.C.CNC(=O)N[C@@H](C(=O)N1[C@@H]2C[C@@H]2C[C@H]1c1nc2c(ccc3cc(-c4ccc5c(ccc6[nH]c([C@@H]7C[C@H]8C[C@H]8N7C(=O)[C@@H](NC(=O)OC)C(C)C)nc65)c4)ccc32)[nH]1)c1ccccc1.CNC(=O)N[C@H](C(=O)N1[C@@H]2C[C@@H]2C[C@H]1c1nc2c(ccc3cc(-c4ccc(-c5cnc([C@@H]6C[C@H]7C[C@H]7N6C(=O)[C@@H](NC(=O)OC)C(C)C)[nH]5)c(F)c4)ccc32)[nH]1)C1CCOCC1. The quantitative estimate of drug-likeness (QED) is 0.0360. The number of nitrogens with one attached hydrogen (secondary N) is 10. The van der Waals surface area contributed by atoms with Crippen LogP contribution in [0.2, 0.25) is 0 Å². The number of aromatic nitrogens is 8. The average Bonchev–Trinajstić information content (AvgIpc) is 1.58. The molecule has 9 aliphatic rings. The number of hydrogen-bond acceptors (Lipinski definition) is 15. The maximum absolute atomic E-state index is 16.0. The van der Waals surface area contributed by atoms with Crippen molar-refractivity contribution >= 4 is 113 Å². The summed E-state index contributed by atoms with van der Waals surface area (Å²) in [5.74, 6) is 3.33. The van der Waals surface area contributed by atoms with Gasteiger partial charge in [0.25, 0.3) is 5.91 Å². The molecule has 4 saturated carbocycles. The molecule has 5 aliphatic heterocycles. The molecule has 0 unspecified atom stereocenters. The lowest BCUT2D eigenvalue weighted by Crippen LogP contribution is -2.55. The van der Waals surface area contributed by atoms with Gasteiger partial charge in [-0.25, -0.2) is 43.5 Å². The second-order valence-electron chi connectivity index (χ2n) is 36.1. The predicted octanol–water partition coefficient (Wildman–Crippen LogP) is 15.4. The summed E-state index contributed by atoms with van der Waals surface area (Å²) in [6, 6.07) is 41.7. The smallest absolute Gasteiger partial charge is 0.407 e. The molecule has 8 aromatic carbocycles. The van der Waals surface area contributed by atoms with Crippen molar-refractivity contribution in [2.24, 2.45) is 41.4 Å². The number of rotatable bonds is 19. The number of urea groups is 2. The number of likely N-dealkylation sites (tertiary alicyclic amines) is 4. The standard InChI is InChI=1S/C49H49N9O5.C46H52FN9O6.2CH4/c1-24(2)40(56-49(62)63-4)46(59)57-36-20-30(36)22-38(57)44-51-34-16-12-28-18-26(10-14-32(28)42(34)53-44)27-11-15-33-29(19-27)13-17-35-43(33)54-45(52-35)39-23-31-21-37(31)58(39)47(60)41(55-48(61)50-3)25-8-6-5-7-9-25;1-22(2)38(54-46(60)61-4)43(57)55-34-17-27(34)19-36(55)41-49-21-33(51-41)30-9-6-25(16-31(30)47)24-5-8-29-26(15-24)7-10-32-40(29)52-42(50-32)37-20-28-18-35(28)56(37)44(58)39(53-45(59)48-3)23-11-13-62-14-12-23;;/h5-19,24,30-31,36-41H,20-23H2,1-4H3,(H,51,53)(H,52,54)(H,56,62)(H2,50,55,61);5-10,15-16,21-23,27-28,34-39H,11-14,17-20H2,1-4H3,(H,49,51)(H,50,52)(H,54,60)(H2,48,53,59);2*1H4/t30-,31-,36-,37-,38+,39+,40+,41-;27-,28-,34-,35-,36+,37+,38+,39+;;/m11../s1. The first-order valence-corrected chi connectivity index (χ1v) is 43.8. The minimum atomic E-state index is -0.818. The number of nitrogens with zero attached hydrogens (tertiary/aromatic N) is 8. The molecule has 127 heavy (non-hydrogen) atoms. The van der Waals surface area contributed by atoms with E-state index in [2.05, 4.69) is 117 Å². The largest absolute Gasteiger partial charge is 0.453 e. The number of methoxy groups -OCH3 is 2. The number of alkyl carbamates (subject to hydrolysis) is 2.